The van der Waals surface area contributed by atoms with E-state index in [0.29, 0.717) is 10.7 Å². The summed E-state index contributed by atoms with van der Waals surface area (Å²) in [4.78, 5) is 27.5. The van der Waals surface area contributed by atoms with Crippen LogP contribution in [0.15, 0.2) is 60.8 Å². The van der Waals surface area contributed by atoms with Gasteiger partial charge < -0.3 is 5.32 Å². The van der Waals surface area contributed by atoms with Crippen LogP contribution in [0.3, 0.4) is 0 Å². The van der Waals surface area contributed by atoms with Gasteiger partial charge in [-0.25, -0.2) is 4.98 Å². The lowest BCUT2D eigenvalue weighted by molar-refractivity contribution is -0.384. The van der Waals surface area contributed by atoms with Gasteiger partial charge in [-0.2, -0.15) is 0 Å². The molecular formula is C18H15N3O3S. The van der Waals surface area contributed by atoms with E-state index in [4.69, 9.17) is 0 Å². The first-order chi connectivity index (χ1) is 12.1. The number of nitro benzene ring substituents is 1. The molecule has 0 saturated carbocycles. The average Bonchev–Trinajstić information content (AvgIpc) is 3.03. The van der Waals surface area contributed by atoms with Crippen LogP contribution >= 0.6 is 11.3 Å². The Labute approximate surface area is 148 Å². The maximum Gasteiger partial charge on any atom is 0.269 e. The molecular weight excluding hydrogens is 338 g/mol. The predicted molar refractivity (Wildman–Crippen MR) is 96.8 cm³/mol. The molecule has 0 unspecified atom stereocenters. The maximum absolute atomic E-state index is 12.1. The number of carbonyl (C=O) groups excluding carboxylic acids is 1. The van der Waals surface area contributed by atoms with Crippen LogP contribution in [0.1, 0.15) is 16.0 Å². The highest BCUT2D eigenvalue weighted by Crippen LogP contribution is 2.21. The molecule has 7 heteroatoms. The van der Waals surface area contributed by atoms with E-state index in [1.807, 2.05) is 30.3 Å². The molecule has 0 radical (unpaired) electrons. The monoisotopic (exact) mass is 353 g/mol. The van der Waals surface area contributed by atoms with Gasteiger partial charge in [0.1, 0.15) is 0 Å². The topological polar surface area (TPSA) is 85.1 Å². The van der Waals surface area contributed by atoms with Gasteiger partial charge >= 0.3 is 0 Å². The van der Waals surface area contributed by atoms with Crippen molar-refractivity contribution in [2.45, 2.75) is 12.8 Å². The number of hydrogen-bond acceptors (Lipinski definition) is 5. The van der Waals surface area contributed by atoms with Crippen molar-refractivity contribution in [2.24, 2.45) is 0 Å². The quantitative estimate of drug-likeness (QED) is 0.539. The summed E-state index contributed by atoms with van der Waals surface area (Å²) in [6.45, 7) is 0. The number of thiazole rings is 1. The molecule has 0 atom stereocenters. The minimum absolute atomic E-state index is 0.00892. The smallest absolute Gasteiger partial charge is 0.269 e. The van der Waals surface area contributed by atoms with E-state index in [2.05, 4.69) is 10.3 Å². The molecule has 126 valence electrons. The molecule has 3 aromatic rings. The molecule has 1 aromatic heterocycles. The third-order valence-electron chi connectivity index (χ3n) is 3.53. The predicted octanol–water partition coefficient (Wildman–Crippen LogP) is 3.82. The summed E-state index contributed by atoms with van der Waals surface area (Å²) in [5.41, 5.74) is 1.91. The second kappa shape index (κ2) is 7.67. The van der Waals surface area contributed by atoms with Crippen LogP contribution in [-0.4, -0.2) is 15.8 Å². The molecule has 0 bridgehead atoms. The van der Waals surface area contributed by atoms with E-state index in [0.717, 1.165) is 11.3 Å². The number of carbonyl (C=O) groups is 1. The number of benzene rings is 2. The number of rotatable bonds is 6. The van der Waals surface area contributed by atoms with E-state index in [9.17, 15) is 14.9 Å². The first-order valence-corrected chi connectivity index (χ1v) is 8.43. The molecule has 0 aliphatic carbocycles. The lowest BCUT2D eigenvalue weighted by Gasteiger charge is -2.02. The van der Waals surface area contributed by atoms with Gasteiger partial charge in [0.2, 0.25) is 5.91 Å². The van der Waals surface area contributed by atoms with Crippen molar-refractivity contribution in [3.05, 3.63) is 86.9 Å². The van der Waals surface area contributed by atoms with Crippen molar-refractivity contribution in [3.8, 4) is 0 Å². The maximum atomic E-state index is 12.1. The van der Waals surface area contributed by atoms with Gasteiger partial charge in [-0.1, -0.05) is 42.5 Å². The first kappa shape index (κ1) is 16.8. The van der Waals surface area contributed by atoms with Crippen molar-refractivity contribution in [1.29, 1.82) is 0 Å². The lowest BCUT2D eigenvalue weighted by Crippen LogP contribution is -2.14. The number of anilines is 1. The van der Waals surface area contributed by atoms with Gasteiger partial charge in [0.05, 0.1) is 11.3 Å². The summed E-state index contributed by atoms with van der Waals surface area (Å²) < 4.78 is 0. The molecule has 0 saturated heterocycles. The zero-order valence-electron chi connectivity index (χ0n) is 13.2. The SMILES string of the molecule is O=C(Cc1ccc([N+](=O)[O-])cc1)Nc1ncc(Cc2ccccc2)s1. The van der Waals surface area contributed by atoms with Crippen molar-refractivity contribution in [2.75, 3.05) is 5.32 Å². The number of non-ortho nitro benzene ring substituents is 1. The molecule has 0 fully saturated rings. The Balaban J connectivity index is 1.57. The van der Waals surface area contributed by atoms with Crippen LogP contribution in [0.25, 0.3) is 0 Å². The second-order valence-electron chi connectivity index (χ2n) is 5.44. The summed E-state index contributed by atoms with van der Waals surface area (Å²) in [6.07, 6.45) is 2.68. The van der Waals surface area contributed by atoms with E-state index >= 15 is 0 Å². The Bertz CT molecular complexity index is 876. The van der Waals surface area contributed by atoms with Crippen LogP contribution in [0, 0.1) is 10.1 Å². The molecule has 3 rings (SSSR count). The van der Waals surface area contributed by atoms with Gasteiger partial charge in [0.25, 0.3) is 5.69 Å². The minimum Gasteiger partial charge on any atom is -0.302 e. The third-order valence-corrected chi connectivity index (χ3v) is 4.45. The number of nitrogens with one attached hydrogen (secondary N) is 1. The molecule has 0 aliphatic heterocycles. The number of hydrogen-bond donors (Lipinski definition) is 1. The molecule has 1 N–H and O–H groups in total. The molecule has 1 heterocycles. The Morgan fingerprint density at radius 2 is 1.80 bits per heavy atom. The molecule has 25 heavy (non-hydrogen) atoms. The standard InChI is InChI=1S/C18H15N3O3S/c22-17(11-14-6-8-15(9-7-14)21(23)24)20-18-19-12-16(25-18)10-13-4-2-1-3-5-13/h1-9,12H,10-11H2,(H,19,20,22). The summed E-state index contributed by atoms with van der Waals surface area (Å²) in [5.74, 6) is -0.200. The molecule has 1 amide bonds. The van der Waals surface area contributed by atoms with Crippen LogP contribution in [0.2, 0.25) is 0 Å². The minimum atomic E-state index is -0.465. The summed E-state index contributed by atoms with van der Waals surface area (Å²) in [7, 11) is 0. The van der Waals surface area contributed by atoms with Crippen LogP contribution in [0.4, 0.5) is 10.8 Å². The zero-order valence-corrected chi connectivity index (χ0v) is 14.0. The zero-order chi connectivity index (χ0) is 17.6. The van der Waals surface area contributed by atoms with Gasteiger partial charge in [0, 0.05) is 29.6 Å². The van der Waals surface area contributed by atoms with Crippen LogP contribution < -0.4 is 5.32 Å². The number of nitrogens with zero attached hydrogens (tertiary/aromatic N) is 2. The van der Waals surface area contributed by atoms with Gasteiger partial charge in [-0.15, -0.1) is 11.3 Å². The molecule has 0 spiro atoms. The molecule has 0 aliphatic rings. The summed E-state index contributed by atoms with van der Waals surface area (Å²) in [6, 6.07) is 16.0. The van der Waals surface area contributed by atoms with E-state index in [-0.39, 0.29) is 18.0 Å². The average molecular weight is 353 g/mol. The van der Waals surface area contributed by atoms with E-state index in [1.54, 1.807) is 18.3 Å². The molecule has 2 aromatic carbocycles. The van der Waals surface area contributed by atoms with Crippen molar-refractivity contribution < 1.29 is 9.72 Å². The lowest BCUT2D eigenvalue weighted by atomic mass is 10.1. The highest BCUT2D eigenvalue weighted by atomic mass is 32.1. The number of amides is 1. The fraction of sp³-hybridized carbons (Fsp3) is 0.111. The Morgan fingerprint density at radius 3 is 2.48 bits per heavy atom. The highest BCUT2D eigenvalue weighted by Gasteiger charge is 2.10. The Kier molecular flexibility index (Phi) is 5.15. The van der Waals surface area contributed by atoms with Crippen molar-refractivity contribution in [1.82, 2.24) is 4.98 Å². The normalized spacial score (nSPS) is 10.4. The van der Waals surface area contributed by atoms with Crippen LogP contribution in [0.5, 0.6) is 0 Å². The Hall–Kier alpha value is -3.06. The fourth-order valence-corrected chi connectivity index (χ4v) is 3.19. The first-order valence-electron chi connectivity index (χ1n) is 7.62. The Morgan fingerprint density at radius 1 is 1.08 bits per heavy atom. The third kappa shape index (κ3) is 4.71. The van der Waals surface area contributed by atoms with Crippen molar-refractivity contribution in [3.63, 3.8) is 0 Å². The highest BCUT2D eigenvalue weighted by molar-refractivity contribution is 7.15. The number of nitro groups is 1. The summed E-state index contributed by atoms with van der Waals surface area (Å²) in [5, 5.41) is 14.0. The van der Waals surface area contributed by atoms with E-state index < -0.39 is 4.92 Å². The fourth-order valence-electron chi connectivity index (χ4n) is 2.33. The van der Waals surface area contributed by atoms with Gasteiger partial charge in [-0.3, -0.25) is 14.9 Å². The van der Waals surface area contributed by atoms with Gasteiger partial charge in [0.15, 0.2) is 5.13 Å². The second-order valence-corrected chi connectivity index (χ2v) is 6.56. The molecule has 6 nitrogen and oxygen atoms in total. The summed E-state index contributed by atoms with van der Waals surface area (Å²) >= 11 is 1.44. The largest absolute Gasteiger partial charge is 0.302 e. The van der Waals surface area contributed by atoms with E-state index in [1.165, 1.54) is 29.0 Å². The van der Waals surface area contributed by atoms with Gasteiger partial charge in [-0.05, 0) is 11.1 Å². The van der Waals surface area contributed by atoms with Crippen molar-refractivity contribution >= 4 is 28.1 Å². The van der Waals surface area contributed by atoms with Crippen LogP contribution in [-0.2, 0) is 17.6 Å². The number of aromatic nitrogens is 1.